The van der Waals surface area contributed by atoms with Crippen molar-refractivity contribution in [1.82, 2.24) is 0 Å². The van der Waals surface area contributed by atoms with Gasteiger partial charge >= 0.3 is 0 Å². The summed E-state index contributed by atoms with van der Waals surface area (Å²) in [4.78, 5) is 2.34. The Bertz CT molecular complexity index is 384. The first-order valence-electron chi connectivity index (χ1n) is 5.95. The van der Waals surface area contributed by atoms with Gasteiger partial charge in [0.15, 0.2) is 0 Å². The number of anilines is 1. The van der Waals surface area contributed by atoms with E-state index in [9.17, 15) is 0 Å². The summed E-state index contributed by atoms with van der Waals surface area (Å²) < 4.78 is 5.68. The lowest BCUT2D eigenvalue weighted by Gasteiger charge is -2.35. The zero-order valence-corrected chi connectivity index (χ0v) is 11.5. The Morgan fingerprint density at radius 3 is 3.00 bits per heavy atom. The molecule has 0 amide bonds. The van der Waals surface area contributed by atoms with Crippen molar-refractivity contribution in [2.45, 2.75) is 25.3 Å². The minimum absolute atomic E-state index is 0.322. The van der Waals surface area contributed by atoms with Gasteiger partial charge in [-0.1, -0.05) is 18.5 Å². The Hall–Kier alpha value is -0.440. The Balaban J connectivity index is 2.20. The molecule has 0 bridgehead atoms. The predicted octanol–water partition coefficient (Wildman–Crippen LogP) is 3.69. The molecule has 1 aliphatic rings. The lowest BCUT2D eigenvalue weighted by atomic mass is 10.1. The second-order valence-electron chi connectivity index (χ2n) is 4.25. The average Bonchev–Trinajstić information content (AvgIpc) is 2.38. The Morgan fingerprint density at radius 1 is 1.47 bits per heavy atom. The topological polar surface area (TPSA) is 12.5 Å². The van der Waals surface area contributed by atoms with E-state index >= 15 is 0 Å². The number of hydrogen-bond acceptors (Lipinski definition) is 2. The molecule has 17 heavy (non-hydrogen) atoms. The summed E-state index contributed by atoms with van der Waals surface area (Å²) in [5.41, 5.74) is 2.28. The molecule has 1 heterocycles. The third-order valence-corrected chi connectivity index (χ3v) is 3.64. The number of nitrogens with zero attached hydrogens (tertiary/aromatic N) is 1. The number of benzene rings is 1. The summed E-state index contributed by atoms with van der Waals surface area (Å²) >= 11 is 12.0. The fourth-order valence-corrected chi connectivity index (χ4v) is 2.56. The van der Waals surface area contributed by atoms with Crippen LogP contribution in [0.25, 0.3) is 0 Å². The van der Waals surface area contributed by atoms with E-state index in [1.165, 1.54) is 5.69 Å². The van der Waals surface area contributed by atoms with Crippen LogP contribution in [0.3, 0.4) is 0 Å². The van der Waals surface area contributed by atoms with E-state index in [1.807, 2.05) is 12.1 Å². The molecule has 4 heteroatoms. The normalized spacial score (nSPS) is 20.6. The van der Waals surface area contributed by atoms with Crippen LogP contribution in [0.1, 0.15) is 18.9 Å². The molecule has 0 N–H and O–H groups in total. The van der Waals surface area contributed by atoms with E-state index in [0.717, 1.165) is 36.7 Å². The lowest BCUT2D eigenvalue weighted by molar-refractivity contribution is 0.0384. The molecule has 1 aliphatic heterocycles. The summed E-state index contributed by atoms with van der Waals surface area (Å²) in [6.45, 7) is 4.78. The fourth-order valence-electron chi connectivity index (χ4n) is 2.15. The largest absolute Gasteiger partial charge is 0.375 e. The van der Waals surface area contributed by atoms with Crippen LogP contribution in [-0.4, -0.2) is 25.8 Å². The van der Waals surface area contributed by atoms with Crippen molar-refractivity contribution in [2.75, 3.05) is 24.6 Å². The molecular weight excluding hydrogens is 257 g/mol. The molecule has 0 aromatic heterocycles. The molecule has 1 saturated heterocycles. The Kier molecular flexibility index (Phi) is 4.55. The smallest absolute Gasteiger partial charge is 0.0748 e. The van der Waals surface area contributed by atoms with Crippen LogP contribution in [-0.2, 0) is 10.6 Å². The molecule has 1 fully saturated rings. The fraction of sp³-hybridized carbons (Fsp3) is 0.538. The quantitative estimate of drug-likeness (QED) is 0.779. The van der Waals surface area contributed by atoms with Gasteiger partial charge in [0.2, 0.25) is 0 Å². The molecule has 1 atom stereocenters. The van der Waals surface area contributed by atoms with Gasteiger partial charge in [-0.05, 0) is 30.2 Å². The molecule has 1 aromatic rings. The molecular formula is C13H17Cl2NO. The number of morpholine rings is 1. The molecule has 2 nitrogen and oxygen atoms in total. The van der Waals surface area contributed by atoms with Crippen molar-refractivity contribution >= 4 is 28.9 Å². The number of rotatable bonds is 3. The maximum absolute atomic E-state index is 5.99. The van der Waals surface area contributed by atoms with Crippen LogP contribution in [0.4, 0.5) is 5.69 Å². The zero-order chi connectivity index (χ0) is 12.3. The molecule has 1 unspecified atom stereocenters. The summed E-state index contributed by atoms with van der Waals surface area (Å²) in [5.74, 6) is 0.490. The highest BCUT2D eigenvalue weighted by atomic mass is 35.5. The van der Waals surface area contributed by atoms with Crippen molar-refractivity contribution in [2.24, 2.45) is 0 Å². The van der Waals surface area contributed by atoms with Crippen molar-refractivity contribution in [3.05, 3.63) is 28.8 Å². The molecule has 1 aromatic carbocycles. The first-order chi connectivity index (χ1) is 8.24. The van der Waals surface area contributed by atoms with Gasteiger partial charge in [-0.3, -0.25) is 0 Å². The Labute approximate surface area is 112 Å². The van der Waals surface area contributed by atoms with E-state index in [2.05, 4.69) is 17.9 Å². The molecule has 2 rings (SSSR count). The molecule has 0 aliphatic carbocycles. The summed E-state index contributed by atoms with van der Waals surface area (Å²) in [5, 5.41) is 0.740. The van der Waals surface area contributed by atoms with Gasteiger partial charge in [-0.25, -0.2) is 0 Å². The van der Waals surface area contributed by atoms with Crippen molar-refractivity contribution in [3.63, 3.8) is 0 Å². The van der Waals surface area contributed by atoms with E-state index in [-0.39, 0.29) is 0 Å². The van der Waals surface area contributed by atoms with Gasteiger partial charge in [0.25, 0.3) is 0 Å². The third-order valence-electron chi connectivity index (χ3n) is 3.12. The van der Waals surface area contributed by atoms with Gasteiger partial charge in [0.05, 0.1) is 12.7 Å². The van der Waals surface area contributed by atoms with Gasteiger partial charge in [0.1, 0.15) is 0 Å². The lowest BCUT2D eigenvalue weighted by Crippen LogP contribution is -2.42. The van der Waals surface area contributed by atoms with Gasteiger partial charge < -0.3 is 9.64 Å². The van der Waals surface area contributed by atoms with Crippen LogP contribution in [0.15, 0.2) is 18.2 Å². The van der Waals surface area contributed by atoms with Gasteiger partial charge in [0, 0.05) is 29.7 Å². The highest BCUT2D eigenvalue weighted by Crippen LogP contribution is 2.27. The first kappa shape index (κ1) is 13.0. The minimum atomic E-state index is 0.322. The van der Waals surface area contributed by atoms with Crippen molar-refractivity contribution < 1.29 is 4.74 Å². The first-order valence-corrected chi connectivity index (χ1v) is 6.86. The van der Waals surface area contributed by atoms with E-state index in [1.54, 1.807) is 0 Å². The Morgan fingerprint density at radius 2 is 2.29 bits per heavy atom. The van der Waals surface area contributed by atoms with Gasteiger partial charge in [-0.2, -0.15) is 0 Å². The maximum Gasteiger partial charge on any atom is 0.0748 e. The van der Waals surface area contributed by atoms with Crippen LogP contribution < -0.4 is 4.90 Å². The van der Waals surface area contributed by atoms with E-state index in [0.29, 0.717) is 12.0 Å². The number of halogens is 2. The molecule has 0 spiro atoms. The second-order valence-corrected chi connectivity index (χ2v) is 4.96. The van der Waals surface area contributed by atoms with Crippen molar-refractivity contribution in [3.8, 4) is 0 Å². The number of hydrogen-bond donors (Lipinski definition) is 0. The minimum Gasteiger partial charge on any atom is -0.375 e. The second kappa shape index (κ2) is 5.94. The summed E-state index contributed by atoms with van der Waals surface area (Å²) in [6.07, 6.45) is 1.36. The van der Waals surface area contributed by atoms with Crippen LogP contribution in [0, 0.1) is 0 Å². The van der Waals surface area contributed by atoms with E-state index in [4.69, 9.17) is 27.9 Å². The maximum atomic E-state index is 5.99. The highest BCUT2D eigenvalue weighted by molar-refractivity contribution is 6.30. The number of alkyl halides is 1. The zero-order valence-electron chi connectivity index (χ0n) is 9.96. The van der Waals surface area contributed by atoms with Crippen molar-refractivity contribution in [1.29, 1.82) is 0 Å². The van der Waals surface area contributed by atoms with Gasteiger partial charge in [-0.15, -0.1) is 11.6 Å². The standard InChI is InChI=1S/C13H17Cl2NO/c1-2-12-9-16(5-6-17-12)13-4-3-11(15)7-10(13)8-14/h3-4,7,12H,2,5-6,8-9H2,1H3. The average molecular weight is 274 g/mol. The molecule has 94 valence electrons. The molecule has 0 radical (unpaired) electrons. The van der Waals surface area contributed by atoms with Crippen LogP contribution in [0.2, 0.25) is 5.02 Å². The third kappa shape index (κ3) is 3.06. The van der Waals surface area contributed by atoms with Crippen LogP contribution in [0.5, 0.6) is 0 Å². The summed E-state index contributed by atoms with van der Waals surface area (Å²) in [7, 11) is 0. The predicted molar refractivity (Wildman–Crippen MR) is 73.3 cm³/mol. The molecule has 0 saturated carbocycles. The van der Waals surface area contributed by atoms with Crippen LogP contribution >= 0.6 is 23.2 Å². The highest BCUT2D eigenvalue weighted by Gasteiger charge is 2.20. The number of ether oxygens (including phenoxy) is 1. The van der Waals surface area contributed by atoms with E-state index < -0.39 is 0 Å². The SMILES string of the molecule is CCC1CN(c2ccc(Cl)cc2CCl)CCO1. The summed E-state index contributed by atoms with van der Waals surface area (Å²) in [6, 6.07) is 5.92. The monoisotopic (exact) mass is 273 g/mol.